The van der Waals surface area contributed by atoms with Crippen molar-refractivity contribution in [3.63, 3.8) is 0 Å². The van der Waals surface area contributed by atoms with Gasteiger partial charge in [0.1, 0.15) is 5.75 Å². The van der Waals surface area contributed by atoms with E-state index in [1.807, 2.05) is 0 Å². The Morgan fingerprint density at radius 3 is 2.81 bits per heavy atom. The van der Waals surface area contributed by atoms with Gasteiger partial charge in [-0.25, -0.2) is 0 Å². The molecular formula is C14H19ClO. The number of unbranched alkanes of at least 4 members (excludes halogenated alkanes) is 2. The van der Waals surface area contributed by atoms with Crippen LogP contribution in [0.5, 0.6) is 5.75 Å². The molecule has 2 rings (SSSR count). The lowest BCUT2D eigenvalue weighted by Crippen LogP contribution is -1.98. The molecule has 0 amide bonds. The average molecular weight is 239 g/mol. The molecule has 1 nitrogen and oxygen atoms in total. The predicted octanol–water partition coefficient (Wildman–Crippen LogP) is 3.96. The quantitative estimate of drug-likeness (QED) is 0.538. The molecule has 1 aromatic carbocycles. The van der Waals surface area contributed by atoms with Gasteiger partial charge in [-0.15, -0.1) is 11.6 Å². The number of fused-ring (bicyclic) bond motifs is 1. The van der Waals surface area contributed by atoms with Gasteiger partial charge in [-0.05, 0) is 61.8 Å². The SMILES string of the molecule is ClCCCCCOc1ccc2c(c1)CCC2. The van der Waals surface area contributed by atoms with E-state index in [1.165, 1.54) is 30.4 Å². The summed E-state index contributed by atoms with van der Waals surface area (Å²) in [6.07, 6.45) is 7.12. The fraction of sp³-hybridized carbons (Fsp3) is 0.571. The van der Waals surface area contributed by atoms with E-state index in [0.717, 1.165) is 37.5 Å². The molecule has 2 heteroatoms. The van der Waals surface area contributed by atoms with Crippen LogP contribution in [0.25, 0.3) is 0 Å². The van der Waals surface area contributed by atoms with E-state index in [9.17, 15) is 0 Å². The van der Waals surface area contributed by atoms with Crippen LogP contribution in [0.15, 0.2) is 18.2 Å². The highest BCUT2D eigenvalue weighted by molar-refractivity contribution is 6.17. The van der Waals surface area contributed by atoms with Gasteiger partial charge in [0.25, 0.3) is 0 Å². The van der Waals surface area contributed by atoms with Crippen LogP contribution in [0.1, 0.15) is 36.8 Å². The van der Waals surface area contributed by atoms with Gasteiger partial charge in [-0.1, -0.05) is 6.07 Å². The molecule has 16 heavy (non-hydrogen) atoms. The van der Waals surface area contributed by atoms with Crippen molar-refractivity contribution in [2.45, 2.75) is 38.5 Å². The van der Waals surface area contributed by atoms with Crippen LogP contribution in [0.2, 0.25) is 0 Å². The Kier molecular flexibility index (Phi) is 4.53. The molecule has 88 valence electrons. The normalized spacial score (nSPS) is 13.8. The average Bonchev–Trinajstić information content (AvgIpc) is 2.76. The minimum atomic E-state index is 0.763. The number of hydrogen-bond acceptors (Lipinski definition) is 1. The summed E-state index contributed by atoms with van der Waals surface area (Å²) in [6, 6.07) is 6.53. The number of alkyl halides is 1. The lowest BCUT2D eigenvalue weighted by Gasteiger charge is -2.07. The first-order chi connectivity index (χ1) is 7.90. The van der Waals surface area contributed by atoms with Crippen molar-refractivity contribution in [2.75, 3.05) is 12.5 Å². The fourth-order valence-electron chi connectivity index (χ4n) is 2.20. The highest BCUT2D eigenvalue weighted by atomic mass is 35.5. The van der Waals surface area contributed by atoms with Gasteiger partial charge in [0.05, 0.1) is 6.61 Å². The van der Waals surface area contributed by atoms with Crippen molar-refractivity contribution in [2.24, 2.45) is 0 Å². The molecule has 0 radical (unpaired) electrons. The molecule has 1 aliphatic carbocycles. The summed E-state index contributed by atoms with van der Waals surface area (Å²) in [5.41, 5.74) is 2.99. The zero-order chi connectivity index (χ0) is 11.2. The summed E-state index contributed by atoms with van der Waals surface area (Å²) in [7, 11) is 0. The molecule has 0 bridgehead atoms. The van der Waals surface area contributed by atoms with E-state index in [2.05, 4.69) is 18.2 Å². The number of rotatable bonds is 6. The third kappa shape index (κ3) is 3.15. The fourth-order valence-corrected chi connectivity index (χ4v) is 2.39. The molecule has 0 aromatic heterocycles. The third-order valence-corrected chi connectivity index (χ3v) is 3.38. The predicted molar refractivity (Wildman–Crippen MR) is 68.5 cm³/mol. The number of halogens is 1. The zero-order valence-corrected chi connectivity index (χ0v) is 10.4. The summed E-state index contributed by atoms with van der Waals surface area (Å²) in [4.78, 5) is 0. The summed E-state index contributed by atoms with van der Waals surface area (Å²) in [5, 5.41) is 0. The lowest BCUT2D eigenvalue weighted by molar-refractivity contribution is 0.306. The van der Waals surface area contributed by atoms with Gasteiger partial charge < -0.3 is 4.74 Å². The van der Waals surface area contributed by atoms with E-state index in [4.69, 9.17) is 16.3 Å². The minimum absolute atomic E-state index is 0.763. The molecule has 0 spiro atoms. The molecule has 1 aromatic rings. The Morgan fingerprint density at radius 1 is 1.06 bits per heavy atom. The Labute approximate surface area is 103 Å². The second-order valence-electron chi connectivity index (χ2n) is 4.38. The summed E-state index contributed by atoms with van der Waals surface area (Å²) >= 11 is 5.62. The van der Waals surface area contributed by atoms with Gasteiger partial charge in [-0.2, -0.15) is 0 Å². The maximum Gasteiger partial charge on any atom is 0.119 e. The van der Waals surface area contributed by atoms with Crippen LogP contribution in [0.3, 0.4) is 0 Å². The van der Waals surface area contributed by atoms with Crippen LogP contribution < -0.4 is 4.74 Å². The highest BCUT2D eigenvalue weighted by Gasteiger charge is 2.10. The van der Waals surface area contributed by atoms with Gasteiger partial charge in [0, 0.05) is 5.88 Å². The van der Waals surface area contributed by atoms with Crippen LogP contribution in [-0.2, 0) is 12.8 Å². The summed E-state index contributed by atoms with van der Waals surface area (Å²) < 4.78 is 5.73. The number of aryl methyl sites for hydroxylation is 2. The largest absolute Gasteiger partial charge is 0.494 e. The second-order valence-corrected chi connectivity index (χ2v) is 4.76. The number of hydrogen-bond donors (Lipinski definition) is 0. The van der Waals surface area contributed by atoms with Crippen molar-refractivity contribution in [1.29, 1.82) is 0 Å². The van der Waals surface area contributed by atoms with Gasteiger partial charge in [0.15, 0.2) is 0 Å². The summed E-state index contributed by atoms with van der Waals surface area (Å²) in [6.45, 7) is 0.815. The monoisotopic (exact) mass is 238 g/mol. The molecule has 0 saturated carbocycles. The molecule has 1 aliphatic rings. The van der Waals surface area contributed by atoms with Crippen molar-refractivity contribution < 1.29 is 4.74 Å². The van der Waals surface area contributed by atoms with Gasteiger partial charge in [0.2, 0.25) is 0 Å². The Bertz CT molecular complexity index is 336. The lowest BCUT2D eigenvalue weighted by atomic mass is 10.1. The Balaban J connectivity index is 1.77. The highest BCUT2D eigenvalue weighted by Crippen LogP contribution is 2.26. The molecule has 0 heterocycles. The molecule has 0 saturated heterocycles. The molecule has 0 N–H and O–H groups in total. The minimum Gasteiger partial charge on any atom is -0.494 e. The van der Waals surface area contributed by atoms with Crippen molar-refractivity contribution in [3.8, 4) is 5.75 Å². The van der Waals surface area contributed by atoms with E-state index in [-0.39, 0.29) is 0 Å². The second kappa shape index (κ2) is 6.15. The van der Waals surface area contributed by atoms with Gasteiger partial charge in [-0.3, -0.25) is 0 Å². The van der Waals surface area contributed by atoms with Crippen molar-refractivity contribution in [1.82, 2.24) is 0 Å². The number of benzene rings is 1. The van der Waals surface area contributed by atoms with E-state index in [1.54, 1.807) is 0 Å². The Morgan fingerprint density at radius 2 is 1.94 bits per heavy atom. The van der Waals surface area contributed by atoms with Crippen LogP contribution in [0.4, 0.5) is 0 Å². The van der Waals surface area contributed by atoms with Gasteiger partial charge >= 0.3 is 0 Å². The standard InChI is InChI=1S/C14H19ClO/c15-9-2-1-3-10-16-14-8-7-12-5-4-6-13(12)11-14/h7-8,11H,1-6,9-10H2. The van der Waals surface area contributed by atoms with E-state index < -0.39 is 0 Å². The zero-order valence-electron chi connectivity index (χ0n) is 9.68. The van der Waals surface area contributed by atoms with Crippen molar-refractivity contribution >= 4 is 11.6 Å². The topological polar surface area (TPSA) is 9.23 Å². The molecule has 0 unspecified atom stereocenters. The molecule has 0 atom stereocenters. The van der Waals surface area contributed by atoms with Crippen LogP contribution in [-0.4, -0.2) is 12.5 Å². The van der Waals surface area contributed by atoms with E-state index in [0.29, 0.717) is 0 Å². The molecular weight excluding hydrogens is 220 g/mol. The van der Waals surface area contributed by atoms with E-state index >= 15 is 0 Å². The first-order valence-electron chi connectivity index (χ1n) is 6.21. The third-order valence-electron chi connectivity index (χ3n) is 3.12. The molecule has 0 aliphatic heterocycles. The first kappa shape index (κ1) is 11.8. The smallest absolute Gasteiger partial charge is 0.119 e. The van der Waals surface area contributed by atoms with Crippen molar-refractivity contribution in [3.05, 3.63) is 29.3 Å². The van der Waals surface area contributed by atoms with Crippen LogP contribution in [0, 0.1) is 0 Å². The molecule has 0 fully saturated rings. The maximum absolute atomic E-state index is 5.73. The summed E-state index contributed by atoms with van der Waals surface area (Å²) in [5.74, 6) is 1.80. The number of ether oxygens (including phenoxy) is 1. The van der Waals surface area contributed by atoms with Crippen LogP contribution >= 0.6 is 11.6 Å². The Hall–Kier alpha value is -0.690. The first-order valence-corrected chi connectivity index (χ1v) is 6.74. The maximum atomic E-state index is 5.73.